The number of hydrogen-bond acceptors (Lipinski definition) is 40. The van der Waals surface area contributed by atoms with E-state index in [1.807, 2.05) is 0 Å². The third kappa shape index (κ3) is 16.6. The van der Waals surface area contributed by atoms with Crippen LogP contribution < -0.4 is 0 Å². The predicted molar refractivity (Wildman–Crippen MR) is 267 cm³/mol. The number of aliphatic hydroxyl groups excluding tert-OH is 27. The van der Waals surface area contributed by atoms with Gasteiger partial charge in [-0.25, -0.2) is 0 Å². The van der Waals surface area contributed by atoms with Gasteiger partial charge in [0.25, 0.3) is 0 Å². The van der Waals surface area contributed by atoms with Gasteiger partial charge in [-0.3, -0.25) is 0 Å². The number of aliphatic hydroxyl groups is 27. The van der Waals surface area contributed by atoms with Gasteiger partial charge >= 0.3 is 0 Å². The van der Waals surface area contributed by atoms with Gasteiger partial charge in [0, 0.05) is 32.7 Å². The fraction of sp³-hybridized carbons (Fsp3) is 0.917. The van der Waals surface area contributed by atoms with Gasteiger partial charge in [-0.15, -0.1) is 0 Å². The van der Waals surface area contributed by atoms with Gasteiger partial charge in [0.1, 0.15) is 146 Å². The molecule has 0 amide bonds. The zero-order valence-corrected chi connectivity index (χ0v) is 46.2. The largest absolute Gasteiger partial charge is 0.506 e. The first-order valence-corrected chi connectivity index (χ1v) is 27.5. The monoisotopic (exact) mass is 1300 g/mol. The van der Waals surface area contributed by atoms with E-state index in [1.165, 1.54) is 0 Å². The van der Waals surface area contributed by atoms with Gasteiger partial charge in [-0.1, -0.05) is 0 Å². The Hall–Kier alpha value is -2.76. The minimum atomic E-state index is -2.78. The highest BCUT2D eigenvalue weighted by Gasteiger charge is 2.56. The van der Waals surface area contributed by atoms with Crippen LogP contribution in [0.4, 0.5) is 0 Å². The summed E-state index contributed by atoms with van der Waals surface area (Å²) in [5.74, 6) is -5.97. The molecule has 514 valence electrons. The molecule has 10 bridgehead atoms. The van der Waals surface area contributed by atoms with E-state index in [0.29, 0.717) is 0 Å². The molecule has 33 atom stereocenters. The third-order valence-corrected chi connectivity index (χ3v) is 15.3. The highest BCUT2D eigenvalue weighted by molar-refractivity contribution is 5.10. The Labute approximate surface area is 496 Å². The molecule has 12 rings (SSSR count). The van der Waals surface area contributed by atoms with Crippen molar-refractivity contribution in [3.63, 3.8) is 0 Å². The summed E-state index contributed by atoms with van der Waals surface area (Å²) in [6.07, 6.45) is -74.9. The van der Waals surface area contributed by atoms with E-state index in [1.54, 1.807) is 0 Å². The maximum atomic E-state index is 11.3. The molecule has 40 nitrogen and oxygen atoms in total. The van der Waals surface area contributed by atoms with Crippen molar-refractivity contribution in [3.05, 3.63) is 23.0 Å². The van der Waals surface area contributed by atoms with E-state index in [2.05, 4.69) is 0 Å². The van der Waals surface area contributed by atoms with Crippen molar-refractivity contribution in [2.45, 2.75) is 222 Å². The molecule has 88 heavy (non-hydrogen) atoms. The normalized spacial score (nSPS) is 49.7. The number of fused-ring (bicyclic) bond motifs is 3. The zero-order chi connectivity index (χ0) is 65.3. The van der Waals surface area contributed by atoms with Crippen LogP contribution in [0.25, 0.3) is 0 Å². The maximum Gasteiger partial charge on any atom is 0.218 e. The van der Waals surface area contributed by atoms with Crippen molar-refractivity contribution < 1.29 is 199 Å². The van der Waals surface area contributed by atoms with E-state index >= 15 is 0 Å². The van der Waals surface area contributed by atoms with Crippen LogP contribution in [-0.4, -0.2) is 394 Å². The topological polar surface area (TPSA) is 666 Å². The van der Waals surface area contributed by atoms with Crippen molar-refractivity contribution >= 4 is 0 Å². The third-order valence-electron chi connectivity index (χ3n) is 15.3. The quantitative estimate of drug-likeness (QED) is 0.0913. The van der Waals surface area contributed by atoms with Gasteiger partial charge in [-0.05, 0) is 6.42 Å². The fourth-order valence-electron chi connectivity index (χ4n) is 10.3. The molecule has 12 aliphatic rings. The van der Waals surface area contributed by atoms with Crippen molar-refractivity contribution in [2.75, 3.05) is 52.9 Å². The standard InChI is InChI=1S/C48H82O40/c49-4-1-12-20(57)29(66)42(74)85-37-16(8-53)82-47(34(71)24(37)61)88-40-19(11-56)81-46(33(70)27(40)64)78-14(3-6-51)22(59)30(67)43(75)86-38-17(9-54)83-48(35(72)25(38)62)87-39-18(10-55)80-45(32(69)26(39)63)77-13(2-5-50)21(58)28(65)41(73)84-36-15(7-52)79-44(76-12)31(68)23(36)60/h12-19,22-27,30-75H,1-11H2/b28-21-,29-20-. The lowest BCUT2D eigenvalue weighted by Gasteiger charge is -2.47. The smallest absolute Gasteiger partial charge is 0.218 e. The molecule has 5 saturated heterocycles. The van der Waals surface area contributed by atoms with Crippen LogP contribution >= 0.6 is 0 Å². The molecular formula is C48H82O40. The summed E-state index contributed by atoms with van der Waals surface area (Å²) in [6, 6.07) is 0. The predicted octanol–water partition coefficient (Wildman–Crippen LogP) is -14.2. The summed E-state index contributed by atoms with van der Waals surface area (Å²) in [6.45, 7) is -8.47. The molecule has 27 N–H and O–H groups in total. The maximum absolute atomic E-state index is 11.3. The molecule has 0 aliphatic carbocycles. The lowest BCUT2D eigenvalue weighted by molar-refractivity contribution is -0.375. The van der Waals surface area contributed by atoms with Crippen molar-refractivity contribution in [1.29, 1.82) is 0 Å². The Kier molecular flexibility index (Phi) is 28.2. The van der Waals surface area contributed by atoms with Crippen molar-refractivity contribution in [1.82, 2.24) is 0 Å². The number of ether oxygens (including phenoxy) is 13. The first-order valence-electron chi connectivity index (χ1n) is 27.5. The lowest BCUT2D eigenvalue weighted by atomic mass is 9.96. The van der Waals surface area contributed by atoms with Crippen molar-refractivity contribution in [3.8, 4) is 0 Å². The molecule has 40 heteroatoms. The van der Waals surface area contributed by atoms with Crippen LogP contribution in [0.5, 0.6) is 0 Å². The highest BCUT2D eigenvalue weighted by Crippen LogP contribution is 2.36. The molecule has 12 heterocycles. The Morgan fingerprint density at radius 1 is 0.227 bits per heavy atom. The molecule has 0 radical (unpaired) electrons. The second-order valence-corrected chi connectivity index (χ2v) is 21.1. The van der Waals surface area contributed by atoms with Crippen LogP contribution in [0.1, 0.15) is 19.3 Å². The molecule has 5 fully saturated rings. The molecular weight excluding hydrogens is 1220 g/mol. The van der Waals surface area contributed by atoms with Crippen LogP contribution in [-0.2, 0) is 61.6 Å². The van der Waals surface area contributed by atoms with Gasteiger partial charge in [0.2, 0.25) is 12.6 Å². The van der Waals surface area contributed by atoms with E-state index < -0.39 is 298 Å². The van der Waals surface area contributed by atoms with E-state index in [9.17, 15) is 138 Å². The minimum absolute atomic E-state index is 0.677. The molecule has 0 saturated carbocycles. The summed E-state index contributed by atoms with van der Waals surface area (Å²) >= 11 is 0. The summed E-state index contributed by atoms with van der Waals surface area (Å²) in [5.41, 5.74) is 0. The van der Waals surface area contributed by atoms with E-state index in [0.717, 1.165) is 0 Å². The second kappa shape index (κ2) is 33.4. The average Bonchev–Trinajstić information content (AvgIpc) is 1.11. The van der Waals surface area contributed by atoms with Gasteiger partial charge in [0.15, 0.2) is 60.8 Å². The lowest BCUT2D eigenvalue weighted by Crippen LogP contribution is -2.66. The van der Waals surface area contributed by atoms with E-state index in [-0.39, 0.29) is 0 Å². The summed E-state index contributed by atoms with van der Waals surface area (Å²) in [4.78, 5) is 0. The molecule has 0 spiro atoms. The molecule has 0 aromatic heterocycles. The van der Waals surface area contributed by atoms with Gasteiger partial charge < -0.3 is 199 Å². The van der Waals surface area contributed by atoms with Crippen LogP contribution in [0.2, 0.25) is 0 Å². The summed E-state index contributed by atoms with van der Waals surface area (Å²) in [7, 11) is 0. The van der Waals surface area contributed by atoms with Gasteiger partial charge in [-0.2, -0.15) is 0 Å². The summed E-state index contributed by atoms with van der Waals surface area (Å²) in [5, 5.41) is 293. The van der Waals surface area contributed by atoms with E-state index in [4.69, 9.17) is 61.6 Å². The molecule has 0 aromatic rings. The van der Waals surface area contributed by atoms with Crippen molar-refractivity contribution in [2.24, 2.45) is 0 Å². The SMILES string of the molecule is OCCC1OC2OC(CO)C(OC(O)/C(O)=C(/O)C(CCO)OC3OC(CO)C(OC4OC(CO)C(OC(O)C(O)C(O)C(CCO)OC5OC(CO)C(OC6OC(CO)C(OC(O)/C(O)=C\1O)C(O)C6O)C(O)C5O)C(O)C4O)C(O)C3O)C(O)C2O. The zero-order valence-electron chi connectivity index (χ0n) is 46.2. The molecule has 0 aromatic carbocycles. The first kappa shape index (κ1) is 74.3. The number of rotatable bonds is 11. The Morgan fingerprint density at radius 3 is 0.761 bits per heavy atom. The van der Waals surface area contributed by atoms with Gasteiger partial charge in [0.05, 0.1) is 39.1 Å². The Bertz CT molecular complexity index is 2140. The fourth-order valence-corrected chi connectivity index (χ4v) is 10.3. The summed E-state index contributed by atoms with van der Waals surface area (Å²) < 4.78 is 71.4. The Balaban J connectivity index is 1.31. The van der Waals surface area contributed by atoms with Crippen LogP contribution in [0.15, 0.2) is 23.0 Å². The second-order valence-electron chi connectivity index (χ2n) is 21.1. The number of hydrogen-bond donors (Lipinski definition) is 27. The highest BCUT2D eigenvalue weighted by atomic mass is 16.8. The molecule has 33 unspecified atom stereocenters. The minimum Gasteiger partial charge on any atom is -0.506 e. The molecule has 12 aliphatic heterocycles. The first-order chi connectivity index (χ1) is 41.7. The van der Waals surface area contributed by atoms with Crippen LogP contribution in [0, 0.1) is 0 Å². The average molecular weight is 1300 g/mol. The Morgan fingerprint density at radius 2 is 0.477 bits per heavy atom. The van der Waals surface area contributed by atoms with Crippen LogP contribution in [0.3, 0.4) is 0 Å².